The van der Waals surface area contributed by atoms with E-state index in [0.29, 0.717) is 25.5 Å². The van der Waals surface area contributed by atoms with Gasteiger partial charge in [-0.25, -0.2) is 13.1 Å². The van der Waals surface area contributed by atoms with E-state index in [0.717, 1.165) is 0 Å². The summed E-state index contributed by atoms with van der Waals surface area (Å²) in [5.41, 5.74) is 0. The molecule has 1 aliphatic rings. The molecule has 0 radical (unpaired) electrons. The second-order valence-corrected chi connectivity index (χ2v) is 8.09. The van der Waals surface area contributed by atoms with Gasteiger partial charge in [0.25, 0.3) is 0 Å². The molecule has 0 bridgehead atoms. The van der Waals surface area contributed by atoms with Crippen LogP contribution in [0.1, 0.15) is 13.3 Å². The Morgan fingerprint density at radius 1 is 1.41 bits per heavy atom. The number of nitrogens with one attached hydrogen (secondary N) is 3. The molecule has 13 heteroatoms. The normalized spacial score (nSPS) is 18.3. The molecule has 1 aromatic heterocycles. The van der Waals surface area contributed by atoms with Gasteiger partial charge in [0, 0.05) is 44.6 Å². The van der Waals surface area contributed by atoms with E-state index in [9.17, 15) is 21.6 Å². The maximum atomic E-state index is 12.5. The monoisotopic (exact) mass is 550 g/mol. The van der Waals surface area contributed by atoms with E-state index in [1.807, 2.05) is 6.92 Å². The van der Waals surface area contributed by atoms with Gasteiger partial charge in [0.15, 0.2) is 5.96 Å². The molecule has 0 spiro atoms. The molecule has 1 fully saturated rings. The predicted octanol–water partition coefficient (Wildman–Crippen LogP) is 1.17. The van der Waals surface area contributed by atoms with E-state index in [-0.39, 0.29) is 54.5 Å². The van der Waals surface area contributed by atoms with Crippen LogP contribution in [-0.2, 0) is 10.0 Å². The zero-order chi connectivity index (χ0) is 20.6. The second-order valence-electron chi connectivity index (χ2n) is 6.33. The van der Waals surface area contributed by atoms with Crippen molar-refractivity contribution >= 4 is 40.0 Å². The Morgan fingerprint density at radius 3 is 2.79 bits per heavy atom. The van der Waals surface area contributed by atoms with Crippen molar-refractivity contribution in [3.05, 3.63) is 24.5 Å². The largest absolute Gasteiger partial charge is 0.401 e. The van der Waals surface area contributed by atoms with E-state index < -0.39 is 22.7 Å². The van der Waals surface area contributed by atoms with Gasteiger partial charge >= 0.3 is 6.18 Å². The van der Waals surface area contributed by atoms with E-state index in [1.165, 1.54) is 29.4 Å². The Morgan fingerprint density at radius 2 is 2.17 bits per heavy atom. The van der Waals surface area contributed by atoms with Gasteiger partial charge in [-0.3, -0.25) is 14.9 Å². The standard InChI is InChI=1S/C16H25F3N6O2S.HI/c1-2-21-15(24-13-5-9-25(11-13)12-16(17,18)19)22-7-8-23-28(26,27)14-4-3-6-20-10-14;/h3-4,6,10,13,23H,2,5,7-9,11-12H2,1H3,(H2,21,22,24);1H. The Bertz CT molecular complexity index is 749. The van der Waals surface area contributed by atoms with E-state index in [2.05, 4.69) is 25.3 Å². The van der Waals surface area contributed by atoms with Crippen LogP contribution in [0, 0.1) is 0 Å². The number of hydrogen-bond acceptors (Lipinski definition) is 5. The number of halogens is 4. The van der Waals surface area contributed by atoms with Crippen LogP contribution >= 0.6 is 24.0 Å². The van der Waals surface area contributed by atoms with E-state index in [1.54, 1.807) is 0 Å². The molecule has 0 aliphatic carbocycles. The lowest BCUT2D eigenvalue weighted by Gasteiger charge is -2.19. The summed E-state index contributed by atoms with van der Waals surface area (Å²) in [6.45, 7) is 2.42. The van der Waals surface area contributed by atoms with E-state index in [4.69, 9.17) is 0 Å². The Kier molecular flexibility index (Phi) is 10.6. The molecule has 166 valence electrons. The highest BCUT2D eigenvalue weighted by Gasteiger charge is 2.34. The minimum atomic E-state index is -4.21. The predicted molar refractivity (Wildman–Crippen MR) is 115 cm³/mol. The van der Waals surface area contributed by atoms with Gasteiger partial charge in [-0.1, -0.05) is 0 Å². The van der Waals surface area contributed by atoms with Crippen LogP contribution < -0.4 is 15.4 Å². The van der Waals surface area contributed by atoms with Gasteiger partial charge in [-0.15, -0.1) is 24.0 Å². The quantitative estimate of drug-likeness (QED) is 0.195. The fourth-order valence-electron chi connectivity index (χ4n) is 2.80. The van der Waals surface area contributed by atoms with Crippen molar-refractivity contribution in [3.63, 3.8) is 0 Å². The van der Waals surface area contributed by atoms with Crippen LogP contribution in [0.15, 0.2) is 34.4 Å². The highest BCUT2D eigenvalue weighted by Crippen LogP contribution is 2.19. The van der Waals surface area contributed by atoms with Crippen molar-refractivity contribution in [2.75, 3.05) is 39.3 Å². The Hall–Kier alpha value is -1.19. The first-order valence-corrected chi connectivity index (χ1v) is 10.4. The van der Waals surface area contributed by atoms with Gasteiger partial charge in [0.1, 0.15) is 4.90 Å². The molecule has 1 aromatic rings. The molecule has 2 rings (SSSR count). The topological polar surface area (TPSA) is 98.7 Å². The number of aromatic nitrogens is 1. The summed E-state index contributed by atoms with van der Waals surface area (Å²) in [5.74, 6) is 0.446. The summed E-state index contributed by atoms with van der Waals surface area (Å²) in [5, 5.41) is 6.12. The van der Waals surface area contributed by atoms with E-state index >= 15 is 0 Å². The van der Waals surface area contributed by atoms with Crippen LogP contribution in [-0.4, -0.2) is 75.7 Å². The van der Waals surface area contributed by atoms with Crippen molar-refractivity contribution in [1.29, 1.82) is 0 Å². The number of pyridine rings is 1. The first-order valence-electron chi connectivity index (χ1n) is 8.93. The molecule has 1 aliphatic heterocycles. The molecular weight excluding hydrogens is 524 g/mol. The molecule has 0 amide bonds. The minimum absolute atomic E-state index is 0. The third-order valence-electron chi connectivity index (χ3n) is 3.98. The maximum Gasteiger partial charge on any atom is 0.401 e. The summed E-state index contributed by atoms with van der Waals surface area (Å²) in [4.78, 5) is 9.48. The van der Waals surface area contributed by atoms with Crippen molar-refractivity contribution in [2.45, 2.75) is 30.5 Å². The number of hydrogen-bond donors (Lipinski definition) is 3. The fourth-order valence-corrected chi connectivity index (χ4v) is 3.78. The maximum absolute atomic E-state index is 12.5. The summed E-state index contributed by atoms with van der Waals surface area (Å²) < 4.78 is 64.1. The third-order valence-corrected chi connectivity index (χ3v) is 5.43. The van der Waals surface area contributed by atoms with Crippen molar-refractivity contribution in [2.24, 2.45) is 4.99 Å². The third kappa shape index (κ3) is 9.44. The van der Waals surface area contributed by atoms with Gasteiger partial charge in [-0.05, 0) is 25.5 Å². The van der Waals surface area contributed by atoms with Crippen molar-refractivity contribution in [3.8, 4) is 0 Å². The molecule has 0 saturated carbocycles. The number of alkyl halides is 3. The van der Waals surface area contributed by atoms with Crippen LogP contribution in [0.25, 0.3) is 0 Å². The van der Waals surface area contributed by atoms with Crippen molar-refractivity contribution < 1.29 is 21.6 Å². The fraction of sp³-hybridized carbons (Fsp3) is 0.625. The van der Waals surface area contributed by atoms with Crippen molar-refractivity contribution in [1.82, 2.24) is 25.2 Å². The van der Waals surface area contributed by atoms with Crippen LogP contribution in [0.2, 0.25) is 0 Å². The second kappa shape index (κ2) is 11.9. The van der Waals surface area contributed by atoms with Crippen LogP contribution in [0.5, 0.6) is 0 Å². The number of rotatable bonds is 8. The summed E-state index contributed by atoms with van der Waals surface area (Å²) in [6, 6.07) is 2.83. The minimum Gasteiger partial charge on any atom is -0.357 e. The van der Waals surface area contributed by atoms with Gasteiger partial charge < -0.3 is 10.6 Å². The summed E-state index contributed by atoms with van der Waals surface area (Å²) >= 11 is 0. The Balaban J connectivity index is 0.00000420. The zero-order valence-electron chi connectivity index (χ0n) is 15.9. The summed E-state index contributed by atoms with van der Waals surface area (Å²) in [7, 11) is -3.65. The molecule has 1 unspecified atom stereocenters. The first kappa shape index (κ1) is 25.8. The first-order chi connectivity index (χ1) is 13.2. The lowest BCUT2D eigenvalue weighted by molar-refractivity contribution is -0.143. The number of likely N-dealkylation sites (tertiary alicyclic amines) is 1. The number of sulfonamides is 1. The molecule has 0 aromatic carbocycles. The SMILES string of the molecule is CCNC(=NCCNS(=O)(=O)c1cccnc1)NC1CCN(CC(F)(F)F)C1.I. The van der Waals surface area contributed by atoms with Gasteiger partial charge in [0.2, 0.25) is 10.0 Å². The number of aliphatic imine (C=N–C) groups is 1. The lowest BCUT2D eigenvalue weighted by atomic mass is 10.3. The average molecular weight is 550 g/mol. The molecule has 8 nitrogen and oxygen atoms in total. The molecule has 3 N–H and O–H groups in total. The molecule has 1 atom stereocenters. The smallest absolute Gasteiger partial charge is 0.357 e. The molecule has 29 heavy (non-hydrogen) atoms. The van der Waals surface area contributed by atoms with Crippen LogP contribution in [0.4, 0.5) is 13.2 Å². The Labute approximate surface area is 185 Å². The molecular formula is C16H26F3IN6O2S. The van der Waals surface area contributed by atoms with Gasteiger partial charge in [-0.2, -0.15) is 13.2 Å². The summed E-state index contributed by atoms with van der Waals surface area (Å²) in [6.07, 6.45) is -0.895. The highest BCUT2D eigenvalue weighted by atomic mass is 127. The number of guanidine groups is 1. The van der Waals surface area contributed by atoms with Gasteiger partial charge in [0.05, 0.1) is 13.1 Å². The molecule has 1 saturated heterocycles. The molecule has 2 heterocycles. The average Bonchev–Trinajstić information content (AvgIpc) is 3.04. The lowest BCUT2D eigenvalue weighted by Crippen LogP contribution is -2.45. The highest BCUT2D eigenvalue weighted by molar-refractivity contribution is 14.0. The number of nitrogens with zero attached hydrogens (tertiary/aromatic N) is 3. The van der Waals surface area contributed by atoms with Crippen LogP contribution in [0.3, 0.4) is 0 Å². The zero-order valence-corrected chi connectivity index (χ0v) is 19.1.